The first-order valence-electron chi connectivity index (χ1n) is 29.7. The highest BCUT2D eigenvalue weighted by molar-refractivity contribution is 5.71. The van der Waals surface area contributed by atoms with Crippen molar-refractivity contribution >= 4 is 17.9 Å². The lowest BCUT2D eigenvalue weighted by atomic mass is 10.0. The number of hydrogen-bond acceptors (Lipinski definition) is 6. The third-order valence-electron chi connectivity index (χ3n) is 13.5. The molecule has 0 radical (unpaired) electrons. The second-order valence-corrected chi connectivity index (χ2v) is 20.3. The van der Waals surface area contributed by atoms with Crippen LogP contribution in [0.25, 0.3) is 0 Å². The van der Waals surface area contributed by atoms with Crippen molar-refractivity contribution in [3.63, 3.8) is 0 Å². The van der Waals surface area contributed by atoms with Gasteiger partial charge in [-0.05, 0) is 44.9 Å². The summed E-state index contributed by atoms with van der Waals surface area (Å²) in [6.45, 7) is 6.69. The monoisotopic (exact) mass is 931 g/mol. The summed E-state index contributed by atoms with van der Waals surface area (Å²) < 4.78 is 16.9. The van der Waals surface area contributed by atoms with Gasteiger partial charge in [0.25, 0.3) is 0 Å². The maximum atomic E-state index is 12.9. The number of esters is 3. The second kappa shape index (κ2) is 55.7. The molecule has 0 amide bonds. The molecule has 0 aliphatic heterocycles. The van der Waals surface area contributed by atoms with Crippen LogP contribution in [0.2, 0.25) is 0 Å². The summed E-state index contributed by atoms with van der Waals surface area (Å²) in [6, 6.07) is 0. The van der Waals surface area contributed by atoms with Gasteiger partial charge in [-0.3, -0.25) is 14.4 Å². The first-order chi connectivity index (χ1) is 32.5. The second-order valence-electron chi connectivity index (χ2n) is 20.3. The first kappa shape index (κ1) is 64.2. The van der Waals surface area contributed by atoms with Crippen molar-refractivity contribution in [2.75, 3.05) is 13.2 Å². The standard InChI is InChI=1S/C60H114O6/c1-4-7-10-13-16-19-22-25-28-30-33-35-38-41-44-47-50-53-59(62)65-56-57(55-64-58(61)52-49-46-43-40-37-34-31-27-24-21-18-15-12-9-6-3)66-60(63)54-51-48-45-42-39-36-32-29-26-23-20-17-14-11-8-5-2/h29,32,57H,4-28,30-31,33-56H2,1-3H3/b32-29-/t57-/m1/s1. The van der Waals surface area contributed by atoms with Crippen molar-refractivity contribution in [1.82, 2.24) is 0 Å². The first-order valence-corrected chi connectivity index (χ1v) is 29.7. The van der Waals surface area contributed by atoms with Gasteiger partial charge in [-0.2, -0.15) is 0 Å². The fraction of sp³-hybridized carbons (Fsp3) is 0.917. The molecule has 0 aromatic heterocycles. The molecule has 0 aromatic carbocycles. The summed E-state index contributed by atoms with van der Waals surface area (Å²) in [7, 11) is 0. The topological polar surface area (TPSA) is 78.9 Å². The van der Waals surface area contributed by atoms with Crippen molar-refractivity contribution in [1.29, 1.82) is 0 Å². The zero-order valence-electron chi connectivity index (χ0n) is 44.7. The molecule has 0 N–H and O–H groups in total. The molecule has 0 bridgehead atoms. The number of unbranched alkanes of at least 4 members (excludes halogenated alkanes) is 42. The molecule has 0 heterocycles. The van der Waals surface area contributed by atoms with Crippen LogP contribution in [-0.4, -0.2) is 37.2 Å². The molecule has 6 heteroatoms. The molecular weight excluding hydrogens is 817 g/mol. The third kappa shape index (κ3) is 53.1. The van der Waals surface area contributed by atoms with Crippen LogP contribution in [0.15, 0.2) is 12.2 Å². The lowest BCUT2D eigenvalue weighted by Gasteiger charge is -2.18. The van der Waals surface area contributed by atoms with E-state index in [-0.39, 0.29) is 31.1 Å². The van der Waals surface area contributed by atoms with Gasteiger partial charge in [0.2, 0.25) is 0 Å². The molecule has 66 heavy (non-hydrogen) atoms. The van der Waals surface area contributed by atoms with Crippen molar-refractivity contribution in [2.24, 2.45) is 0 Å². The van der Waals surface area contributed by atoms with E-state index < -0.39 is 6.10 Å². The number of hydrogen-bond donors (Lipinski definition) is 0. The third-order valence-corrected chi connectivity index (χ3v) is 13.5. The van der Waals surface area contributed by atoms with Crippen LogP contribution in [0.4, 0.5) is 0 Å². The van der Waals surface area contributed by atoms with Crippen molar-refractivity contribution < 1.29 is 28.6 Å². The number of rotatable bonds is 55. The van der Waals surface area contributed by atoms with E-state index in [1.807, 2.05) is 0 Å². The summed E-state index contributed by atoms with van der Waals surface area (Å²) in [6.07, 6.45) is 63.4. The quantitative estimate of drug-likeness (QED) is 0.0262. The maximum Gasteiger partial charge on any atom is 0.306 e. The van der Waals surface area contributed by atoms with E-state index >= 15 is 0 Å². The summed E-state index contributed by atoms with van der Waals surface area (Å²) >= 11 is 0. The van der Waals surface area contributed by atoms with Crippen LogP contribution in [0.1, 0.15) is 335 Å². The van der Waals surface area contributed by atoms with Gasteiger partial charge >= 0.3 is 17.9 Å². The van der Waals surface area contributed by atoms with Crippen LogP contribution < -0.4 is 0 Å². The van der Waals surface area contributed by atoms with E-state index in [1.165, 1.54) is 231 Å². The lowest BCUT2D eigenvalue weighted by Crippen LogP contribution is -2.30. The van der Waals surface area contributed by atoms with Gasteiger partial charge in [0, 0.05) is 19.3 Å². The van der Waals surface area contributed by atoms with E-state index in [9.17, 15) is 14.4 Å². The molecule has 0 spiro atoms. The zero-order valence-corrected chi connectivity index (χ0v) is 44.7. The molecule has 6 nitrogen and oxygen atoms in total. The number of allylic oxidation sites excluding steroid dienone is 2. The lowest BCUT2D eigenvalue weighted by molar-refractivity contribution is -0.167. The summed E-state index contributed by atoms with van der Waals surface area (Å²) in [4.78, 5) is 38.2. The van der Waals surface area contributed by atoms with Gasteiger partial charge in [-0.15, -0.1) is 0 Å². The van der Waals surface area contributed by atoms with Crippen LogP contribution >= 0.6 is 0 Å². The fourth-order valence-electron chi connectivity index (χ4n) is 9.03. The highest BCUT2D eigenvalue weighted by Crippen LogP contribution is 2.17. The molecular formula is C60H114O6. The molecule has 0 rings (SSSR count). The average Bonchev–Trinajstić information content (AvgIpc) is 3.31. The number of carbonyl (C=O) groups excluding carboxylic acids is 3. The maximum absolute atomic E-state index is 12.9. The minimum atomic E-state index is -0.769. The zero-order chi connectivity index (χ0) is 47.9. The van der Waals surface area contributed by atoms with Gasteiger partial charge in [0.15, 0.2) is 6.10 Å². The van der Waals surface area contributed by atoms with Crippen molar-refractivity contribution in [3.8, 4) is 0 Å². The molecule has 0 aliphatic rings. The van der Waals surface area contributed by atoms with E-state index in [2.05, 4.69) is 32.9 Å². The Morgan fingerprint density at radius 2 is 0.500 bits per heavy atom. The normalized spacial score (nSPS) is 12.0. The minimum absolute atomic E-state index is 0.0672. The van der Waals surface area contributed by atoms with Crippen LogP contribution in [0.3, 0.4) is 0 Å². The van der Waals surface area contributed by atoms with E-state index in [1.54, 1.807) is 0 Å². The Morgan fingerprint density at radius 1 is 0.288 bits per heavy atom. The Kier molecular flexibility index (Phi) is 54.2. The molecule has 0 unspecified atom stereocenters. The predicted octanol–water partition coefficient (Wildman–Crippen LogP) is 19.7. The predicted molar refractivity (Wildman–Crippen MR) is 284 cm³/mol. The minimum Gasteiger partial charge on any atom is -0.462 e. The largest absolute Gasteiger partial charge is 0.462 e. The van der Waals surface area contributed by atoms with Crippen LogP contribution in [0.5, 0.6) is 0 Å². The van der Waals surface area contributed by atoms with E-state index in [4.69, 9.17) is 14.2 Å². The number of carbonyl (C=O) groups is 3. The number of ether oxygens (including phenoxy) is 3. The van der Waals surface area contributed by atoms with Gasteiger partial charge in [-0.1, -0.05) is 283 Å². The van der Waals surface area contributed by atoms with Crippen LogP contribution in [0, 0.1) is 0 Å². The Labute approximate surface area is 411 Å². The Hall–Kier alpha value is -1.85. The SMILES string of the molecule is CCCCCCCCC/C=C\CCCCCCCC(=O)O[C@H](COC(=O)CCCCCCCCCCCCCCCCC)COC(=O)CCCCCCCCCCCCCCCCCCC. The Morgan fingerprint density at radius 3 is 0.758 bits per heavy atom. The fourth-order valence-corrected chi connectivity index (χ4v) is 9.03. The Balaban J connectivity index is 4.32. The summed E-state index contributed by atoms with van der Waals surface area (Å²) in [5, 5.41) is 0. The molecule has 0 aliphatic carbocycles. The summed E-state index contributed by atoms with van der Waals surface area (Å²) in [5.41, 5.74) is 0. The highest BCUT2D eigenvalue weighted by Gasteiger charge is 2.19. The van der Waals surface area contributed by atoms with Gasteiger partial charge in [0.05, 0.1) is 0 Å². The molecule has 390 valence electrons. The van der Waals surface area contributed by atoms with Gasteiger partial charge in [0.1, 0.15) is 13.2 Å². The molecule has 0 saturated heterocycles. The van der Waals surface area contributed by atoms with Gasteiger partial charge < -0.3 is 14.2 Å². The molecule has 0 saturated carbocycles. The molecule has 0 aromatic rings. The van der Waals surface area contributed by atoms with Gasteiger partial charge in [-0.25, -0.2) is 0 Å². The summed E-state index contributed by atoms with van der Waals surface area (Å²) in [5.74, 6) is -0.849. The van der Waals surface area contributed by atoms with E-state index in [0.29, 0.717) is 19.3 Å². The highest BCUT2D eigenvalue weighted by atomic mass is 16.6. The average molecular weight is 932 g/mol. The van der Waals surface area contributed by atoms with Crippen molar-refractivity contribution in [3.05, 3.63) is 12.2 Å². The molecule has 0 fully saturated rings. The molecule has 1 atom stereocenters. The van der Waals surface area contributed by atoms with E-state index in [0.717, 1.165) is 64.2 Å². The smallest absolute Gasteiger partial charge is 0.306 e. The Bertz CT molecular complexity index is 1020. The van der Waals surface area contributed by atoms with Crippen LogP contribution in [-0.2, 0) is 28.6 Å². The van der Waals surface area contributed by atoms with Crippen molar-refractivity contribution in [2.45, 2.75) is 341 Å².